The molecule has 0 spiro atoms. The van der Waals surface area contributed by atoms with E-state index in [1.807, 2.05) is 0 Å². The molecule has 2 aromatic rings. The molecule has 0 aromatic carbocycles. The van der Waals surface area contributed by atoms with Gasteiger partial charge in [-0.3, -0.25) is 9.78 Å². The van der Waals surface area contributed by atoms with Crippen molar-refractivity contribution in [3.63, 3.8) is 0 Å². The van der Waals surface area contributed by atoms with Crippen LogP contribution in [0.25, 0.3) is 11.2 Å². The second-order valence-corrected chi connectivity index (χ2v) is 4.56. The van der Waals surface area contributed by atoms with Crippen LogP contribution in [0.15, 0.2) is 11.1 Å². The van der Waals surface area contributed by atoms with Gasteiger partial charge < -0.3 is 49.8 Å². The average Bonchev–Trinajstić information content (AvgIpc) is 2.93. The lowest BCUT2D eigenvalue weighted by atomic mass is 10.1. The highest BCUT2D eigenvalue weighted by atomic mass is 127. The fourth-order valence-corrected chi connectivity index (χ4v) is 2.29. The molecule has 116 valence electrons. The molecule has 0 amide bonds. The Morgan fingerprint density at radius 2 is 2.19 bits per heavy atom. The van der Waals surface area contributed by atoms with Gasteiger partial charge in [-0.15, -0.1) is 0 Å². The number of ether oxygens (including phenoxy) is 1. The number of rotatable bonds is 2. The monoisotopic (exact) mass is 411 g/mol. The number of aromatic amines is 2. The van der Waals surface area contributed by atoms with Gasteiger partial charge in [-0.2, -0.15) is 9.55 Å². The normalized spacial score (nSPS) is 28.7. The molecule has 1 saturated heterocycles. The fourth-order valence-electron chi connectivity index (χ4n) is 2.29. The number of aliphatic hydroxyl groups is 3. The van der Waals surface area contributed by atoms with Gasteiger partial charge in [0.15, 0.2) is 0 Å². The molecule has 11 heteroatoms. The molecule has 3 rings (SSSR count). The number of hydrogen-bond acceptors (Lipinski definition) is 7. The number of H-pyrrole nitrogens is 2. The van der Waals surface area contributed by atoms with E-state index in [0.29, 0.717) is 0 Å². The van der Waals surface area contributed by atoms with Gasteiger partial charge in [0.2, 0.25) is 18.5 Å². The van der Waals surface area contributed by atoms with E-state index in [1.54, 1.807) is 0 Å². The van der Waals surface area contributed by atoms with Crippen LogP contribution in [-0.2, 0) is 4.74 Å². The molecule has 2 aromatic heterocycles. The minimum atomic E-state index is -1.27. The molecular formula is C10H14IN5O5. The Hall–Kier alpha value is -1.28. The van der Waals surface area contributed by atoms with Crippen LogP contribution in [-0.4, -0.2) is 54.8 Å². The quantitative estimate of drug-likeness (QED) is 0.307. The summed E-state index contributed by atoms with van der Waals surface area (Å²) in [5, 5.41) is 28.8. The average molecular weight is 411 g/mol. The number of imidazole rings is 1. The lowest BCUT2D eigenvalue weighted by Gasteiger charge is -2.11. The van der Waals surface area contributed by atoms with Crippen molar-refractivity contribution in [3.8, 4) is 0 Å². The van der Waals surface area contributed by atoms with Gasteiger partial charge in [-0.1, -0.05) is 0 Å². The number of nitrogens with zero attached hydrogens (tertiary/aromatic N) is 2. The summed E-state index contributed by atoms with van der Waals surface area (Å²) in [7, 11) is 0. The summed E-state index contributed by atoms with van der Waals surface area (Å²) < 4.78 is 6.72. The Bertz CT molecular complexity index is 703. The Balaban J connectivity index is 0.00000161. The van der Waals surface area contributed by atoms with E-state index in [2.05, 4.69) is 15.0 Å². The van der Waals surface area contributed by atoms with Crippen LogP contribution in [0.3, 0.4) is 0 Å². The van der Waals surface area contributed by atoms with Crippen LogP contribution in [0.4, 0.5) is 5.95 Å². The molecule has 0 unspecified atom stereocenters. The summed E-state index contributed by atoms with van der Waals surface area (Å²) in [6.07, 6.45) is -3.01. The van der Waals surface area contributed by atoms with Crippen LogP contribution in [0.1, 0.15) is 6.23 Å². The van der Waals surface area contributed by atoms with Gasteiger partial charge in [0, 0.05) is 0 Å². The van der Waals surface area contributed by atoms with Gasteiger partial charge in [0.05, 0.1) is 6.61 Å². The zero-order valence-corrected chi connectivity index (χ0v) is 12.8. The van der Waals surface area contributed by atoms with Crippen molar-refractivity contribution in [2.24, 2.45) is 0 Å². The SMILES string of the molecule is Nc1nc2c([nH+]cn2[C@@H]2O[C@H](CO)[C@@H](O)[C@H]2O)c(=O)[nH]1.[I-]. The lowest BCUT2D eigenvalue weighted by molar-refractivity contribution is -0.349. The number of nitrogen functional groups attached to an aromatic ring is 1. The molecule has 0 bridgehead atoms. The molecule has 4 atom stereocenters. The lowest BCUT2D eigenvalue weighted by Crippen LogP contribution is -3.00. The maximum atomic E-state index is 11.7. The highest BCUT2D eigenvalue weighted by Gasteiger charge is 2.47. The minimum absolute atomic E-state index is 0. The third-order valence-corrected chi connectivity index (χ3v) is 3.30. The van der Waals surface area contributed by atoms with Gasteiger partial charge in [-0.25, -0.2) is 4.98 Å². The van der Waals surface area contributed by atoms with Crippen molar-refractivity contribution in [2.75, 3.05) is 12.3 Å². The molecule has 1 aliphatic heterocycles. The molecule has 21 heavy (non-hydrogen) atoms. The van der Waals surface area contributed by atoms with E-state index in [0.717, 1.165) is 0 Å². The number of halogens is 1. The predicted molar refractivity (Wildman–Crippen MR) is 64.3 cm³/mol. The Labute approximate surface area is 134 Å². The van der Waals surface area contributed by atoms with Crippen molar-refractivity contribution in [1.29, 1.82) is 0 Å². The Morgan fingerprint density at radius 3 is 2.81 bits per heavy atom. The number of fused-ring (bicyclic) bond motifs is 1. The van der Waals surface area contributed by atoms with Crippen molar-refractivity contribution in [2.45, 2.75) is 24.5 Å². The third-order valence-electron chi connectivity index (χ3n) is 3.30. The maximum Gasteiger partial charge on any atom is 0.304 e. The molecular weight excluding hydrogens is 397 g/mol. The zero-order chi connectivity index (χ0) is 14.4. The number of nitrogens with one attached hydrogen (secondary N) is 2. The molecule has 1 fully saturated rings. The van der Waals surface area contributed by atoms with E-state index in [9.17, 15) is 15.0 Å². The first-order valence-corrected chi connectivity index (χ1v) is 5.93. The summed E-state index contributed by atoms with van der Waals surface area (Å²) in [4.78, 5) is 20.7. The van der Waals surface area contributed by atoms with Crippen molar-refractivity contribution in [3.05, 3.63) is 16.7 Å². The number of aromatic nitrogens is 4. The topological polar surface area (TPSA) is 161 Å². The van der Waals surface area contributed by atoms with Gasteiger partial charge in [0.25, 0.3) is 11.2 Å². The molecule has 0 saturated carbocycles. The highest BCUT2D eigenvalue weighted by Crippen LogP contribution is 2.30. The van der Waals surface area contributed by atoms with Crippen LogP contribution in [0.5, 0.6) is 0 Å². The summed E-state index contributed by atoms with van der Waals surface area (Å²) in [6.45, 7) is -0.437. The number of anilines is 1. The Kier molecular flexibility index (Phi) is 4.48. The first kappa shape index (κ1) is 16.1. The molecule has 0 radical (unpaired) electrons. The van der Waals surface area contributed by atoms with Crippen LogP contribution in [0, 0.1) is 0 Å². The molecule has 3 heterocycles. The maximum absolute atomic E-state index is 11.7. The molecule has 10 nitrogen and oxygen atoms in total. The van der Waals surface area contributed by atoms with Gasteiger partial charge in [0.1, 0.15) is 18.3 Å². The number of hydrogen-bond donors (Lipinski definition) is 5. The number of nitrogens with two attached hydrogens (primary N) is 1. The summed E-state index contributed by atoms with van der Waals surface area (Å²) in [5.41, 5.74) is 5.37. The van der Waals surface area contributed by atoms with Crippen molar-refractivity contribution >= 4 is 17.1 Å². The molecule has 7 N–H and O–H groups in total. The zero-order valence-electron chi connectivity index (χ0n) is 10.6. The van der Waals surface area contributed by atoms with Gasteiger partial charge >= 0.3 is 5.56 Å². The summed E-state index contributed by atoms with van der Waals surface area (Å²) in [5.74, 6) is -0.0809. The summed E-state index contributed by atoms with van der Waals surface area (Å²) in [6, 6.07) is 0. The predicted octanol–water partition coefficient (Wildman–Crippen LogP) is -6.26. The highest BCUT2D eigenvalue weighted by molar-refractivity contribution is 5.66. The van der Waals surface area contributed by atoms with E-state index in [4.69, 9.17) is 15.6 Å². The smallest absolute Gasteiger partial charge is 0.304 e. The van der Waals surface area contributed by atoms with Crippen LogP contribution < -0.4 is 40.3 Å². The first-order chi connectivity index (χ1) is 9.52. The largest absolute Gasteiger partial charge is 1.00 e. The van der Waals surface area contributed by atoms with Gasteiger partial charge in [-0.05, 0) is 0 Å². The van der Waals surface area contributed by atoms with E-state index < -0.39 is 36.7 Å². The standard InChI is InChI=1S/C10H13N5O5.HI/c11-10-13-7-4(8(19)14-10)12-2-15(7)9-6(18)5(17)3(1-16)20-9;/h2-3,5-6,9,16-18H,1H2,(H3,11,13,14,19);1H/t3-,5-,6-,9-;/m1./s1. The van der Waals surface area contributed by atoms with Crippen LogP contribution in [0.2, 0.25) is 0 Å². The van der Waals surface area contributed by atoms with Crippen molar-refractivity contribution < 1.29 is 49.0 Å². The van der Waals surface area contributed by atoms with E-state index in [1.165, 1.54) is 10.9 Å². The molecule has 1 aliphatic rings. The molecule has 0 aliphatic carbocycles. The van der Waals surface area contributed by atoms with Crippen molar-refractivity contribution in [1.82, 2.24) is 14.5 Å². The fraction of sp³-hybridized carbons (Fsp3) is 0.500. The second kappa shape index (κ2) is 5.84. The van der Waals surface area contributed by atoms with Crippen LogP contribution >= 0.6 is 0 Å². The Morgan fingerprint density at radius 1 is 1.48 bits per heavy atom. The second-order valence-electron chi connectivity index (χ2n) is 4.56. The van der Waals surface area contributed by atoms with E-state index >= 15 is 0 Å². The third kappa shape index (κ3) is 2.50. The van der Waals surface area contributed by atoms with E-state index in [-0.39, 0.29) is 41.1 Å². The first-order valence-electron chi connectivity index (χ1n) is 5.93. The number of aliphatic hydroxyl groups excluding tert-OH is 3. The summed E-state index contributed by atoms with van der Waals surface area (Å²) >= 11 is 0. The minimum Gasteiger partial charge on any atom is -1.00 e.